The Morgan fingerprint density at radius 3 is 2.70 bits per heavy atom. The second kappa shape index (κ2) is 6.06. The van der Waals surface area contributed by atoms with Gasteiger partial charge in [0.1, 0.15) is 10.7 Å². The number of carbonyl (C=O) groups is 1. The van der Waals surface area contributed by atoms with Crippen LogP contribution in [0, 0.1) is 0 Å². The molecule has 1 heterocycles. The highest BCUT2D eigenvalue weighted by Crippen LogP contribution is 2.26. The van der Waals surface area contributed by atoms with Gasteiger partial charge in [-0.2, -0.15) is 0 Å². The highest BCUT2D eigenvalue weighted by molar-refractivity contribution is 9.10. The minimum Gasteiger partial charge on any atom is -0.495 e. The summed E-state index contributed by atoms with van der Waals surface area (Å²) in [5, 5.41) is 2.69. The third-order valence-electron chi connectivity index (χ3n) is 2.53. The molecule has 0 fully saturated rings. The number of thiocarbonyl (C=S) groups is 1. The molecular weight excluding hydrogens is 344 g/mol. The predicted molar refractivity (Wildman–Crippen MR) is 83.2 cm³/mol. The Labute approximate surface area is 129 Å². The van der Waals surface area contributed by atoms with E-state index in [2.05, 4.69) is 21.2 Å². The highest BCUT2D eigenvalue weighted by Gasteiger charge is 2.14. The van der Waals surface area contributed by atoms with Crippen LogP contribution in [0.5, 0.6) is 5.75 Å². The molecule has 0 saturated carbocycles. The molecule has 104 valence electrons. The lowest BCUT2D eigenvalue weighted by Crippen LogP contribution is -2.13. The minimum absolute atomic E-state index is 0.192. The van der Waals surface area contributed by atoms with Gasteiger partial charge in [0.25, 0.3) is 5.91 Å². The molecule has 1 aromatic heterocycles. The Hall–Kier alpha value is -1.86. The Kier molecular flexibility index (Phi) is 4.41. The summed E-state index contributed by atoms with van der Waals surface area (Å²) in [7, 11) is 1.50. The predicted octanol–water partition coefficient (Wildman–Crippen LogP) is 2.94. The molecule has 7 heteroatoms. The lowest BCUT2D eigenvalue weighted by Gasteiger charge is -2.10. The van der Waals surface area contributed by atoms with Crippen molar-refractivity contribution in [1.29, 1.82) is 0 Å². The van der Waals surface area contributed by atoms with Gasteiger partial charge in [-0.25, -0.2) is 0 Å². The zero-order valence-electron chi connectivity index (χ0n) is 10.5. The fraction of sp³-hybridized carbons (Fsp3) is 0.0769. The zero-order chi connectivity index (χ0) is 14.7. The largest absolute Gasteiger partial charge is 0.495 e. The molecule has 0 unspecified atom stereocenters. The number of anilines is 1. The van der Waals surface area contributed by atoms with E-state index in [0.717, 1.165) is 0 Å². The molecule has 0 aliphatic rings. The van der Waals surface area contributed by atoms with E-state index in [9.17, 15) is 4.79 Å². The molecule has 3 N–H and O–H groups in total. The van der Waals surface area contributed by atoms with E-state index in [1.54, 1.807) is 30.3 Å². The van der Waals surface area contributed by atoms with Crippen molar-refractivity contribution in [2.75, 3.05) is 12.4 Å². The van der Waals surface area contributed by atoms with Crippen LogP contribution in [0.2, 0.25) is 0 Å². The summed E-state index contributed by atoms with van der Waals surface area (Å²) in [6.45, 7) is 0. The molecule has 0 aliphatic heterocycles. The lowest BCUT2D eigenvalue weighted by molar-refractivity contribution is 0.0995. The van der Waals surface area contributed by atoms with E-state index in [1.165, 1.54) is 7.11 Å². The molecule has 1 amide bonds. The molecule has 2 aromatic rings. The maximum Gasteiger partial charge on any atom is 0.291 e. The summed E-state index contributed by atoms with van der Waals surface area (Å²) in [6.07, 6.45) is 0. The summed E-state index contributed by atoms with van der Waals surface area (Å²) in [4.78, 5) is 12.2. The topological polar surface area (TPSA) is 77.5 Å². The smallest absolute Gasteiger partial charge is 0.291 e. The van der Waals surface area contributed by atoms with Gasteiger partial charge >= 0.3 is 0 Å². The fourth-order valence-electron chi connectivity index (χ4n) is 1.57. The number of methoxy groups -OCH3 is 1. The van der Waals surface area contributed by atoms with E-state index in [4.69, 9.17) is 27.1 Å². The van der Waals surface area contributed by atoms with Crippen LogP contribution in [-0.4, -0.2) is 18.0 Å². The van der Waals surface area contributed by atoms with Crippen LogP contribution in [0.1, 0.15) is 16.1 Å². The van der Waals surface area contributed by atoms with Crippen molar-refractivity contribution in [2.45, 2.75) is 0 Å². The number of hydrogen-bond donors (Lipinski definition) is 2. The van der Waals surface area contributed by atoms with Crippen LogP contribution >= 0.6 is 28.1 Å². The maximum atomic E-state index is 12.0. The SMILES string of the molecule is COc1cc(C(N)=S)ccc1NC(=O)c1ccc(Br)o1. The van der Waals surface area contributed by atoms with Gasteiger partial charge in [0, 0.05) is 5.56 Å². The standard InChI is InChI=1S/C13H11BrN2O3S/c1-18-10-6-7(12(15)20)2-3-8(10)16-13(17)9-4-5-11(14)19-9/h2-6H,1H3,(H2,15,20)(H,16,17). The summed E-state index contributed by atoms with van der Waals surface area (Å²) in [5.41, 5.74) is 6.72. The first-order valence-electron chi connectivity index (χ1n) is 5.56. The molecule has 0 atom stereocenters. The summed E-state index contributed by atoms with van der Waals surface area (Å²) >= 11 is 8.03. The van der Waals surface area contributed by atoms with Gasteiger partial charge < -0.3 is 20.2 Å². The highest BCUT2D eigenvalue weighted by atomic mass is 79.9. The third-order valence-corrected chi connectivity index (χ3v) is 3.19. The van der Waals surface area contributed by atoms with Gasteiger partial charge in [0.05, 0.1) is 12.8 Å². The van der Waals surface area contributed by atoms with Gasteiger partial charge in [-0.1, -0.05) is 12.2 Å². The first kappa shape index (κ1) is 14.5. The number of ether oxygens (including phenoxy) is 1. The van der Waals surface area contributed by atoms with E-state index in [-0.39, 0.29) is 16.7 Å². The van der Waals surface area contributed by atoms with Crippen molar-refractivity contribution in [3.63, 3.8) is 0 Å². The van der Waals surface area contributed by atoms with Crippen LogP contribution < -0.4 is 15.8 Å². The van der Waals surface area contributed by atoms with Crippen molar-refractivity contribution in [3.8, 4) is 5.75 Å². The van der Waals surface area contributed by atoms with E-state index < -0.39 is 0 Å². The maximum absolute atomic E-state index is 12.0. The zero-order valence-corrected chi connectivity index (χ0v) is 12.9. The first-order valence-corrected chi connectivity index (χ1v) is 6.76. The number of nitrogens with two attached hydrogens (primary N) is 1. The normalized spacial score (nSPS) is 10.1. The molecule has 0 aliphatic carbocycles. The summed E-state index contributed by atoms with van der Waals surface area (Å²) in [6, 6.07) is 8.25. The number of carbonyl (C=O) groups excluding carboxylic acids is 1. The van der Waals surface area contributed by atoms with Crippen molar-refractivity contribution in [1.82, 2.24) is 0 Å². The molecule has 20 heavy (non-hydrogen) atoms. The number of halogens is 1. The number of hydrogen-bond acceptors (Lipinski definition) is 4. The molecular formula is C13H11BrN2O3S. The van der Waals surface area contributed by atoms with Crippen LogP contribution in [0.25, 0.3) is 0 Å². The third kappa shape index (κ3) is 3.17. The van der Waals surface area contributed by atoms with Gasteiger partial charge in [0.15, 0.2) is 10.4 Å². The minimum atomic E-state index is -0.378. The second-order valence-electron chi connectivity index (χ2n) is 3.84. The van der Waals surface area contributed by atoms with E-state index in [0.29, 0.717) is 21.7 Å². The van der Waals surface area contributed by atoms with Crippen LogP contribution in [0.4, 0.5) is 5.69 Å². The second-order valence-corrected chi connectivity index (χ2v) is 5.06. The number of nitrogens with one attached hydrogen (secondary N) is 1. The van der Waals surface area contributed by atoms with Gasteiger partial charge in [-0.3, -0.25) is 4.79 Å². The number of rotatable bonds is 4. The Bertz CT molecular complexity index is 669. The quantitative estimate of drug-likeness (QED) is 0.825. The Morgan fingerprint density at radius 1 is 1.40 bits per heavy atom. The number of furan rings is 1. The van der Waals surface area contributed by atoms with Crippen LogP contribution in [0.3, 0.4) is 0 Å². The van der Waals surface area contributed by atoms with Crippen LogP contribution in [-0.2, 0) is 0 Å². The number of amides is 1. The summed E-state index contributed by atoms with van der Waals surface area (Å²) in [5.74, 6) is 0.281. The van der Waals surface area contributed by atoms with Gasteiger partial charge in [0.2, 0.25) is 0 Å². The molecule has 0 bridgehead atoms. The van der Waals surface area contributed by atoms with Gasteiger partial charge in [-0.15, -0.1) is 0 Å². The average Bonchev–Trinajstić information content (AvgIpc) is 2.85. The lowest BCUT2D eigenvalue weighted by atomic mass is 10.2. The fourth-order valence-corrected chi connectivity index (χ4v) is 2.00. The van der Waals surface area contributed by atoms with Crippen LogP contribution in [0.15, 0.2) is 39.4 Å². The monoisotopic (exact) mass is 354 g/mol. The van der Waals surface area contributed by atoms with E-state index in [1.807, 2.05) is 0 Å². The first-order chi connectivity index (χ1) is 9.51. The van der Waals surface area contributed by atoms with Crippen molar-refractivity contribution < 1.29 is 13.9 Å². The van der Waals surface area contributed by atoms with Crippen molar-refractivity contribution >= 4 is 44.7 Å². The van der Waals surface area contributed by atoms with Crippen molar-refractivity contribution in [2.24, 2.45) is 5.73 Å². The van der Waals surface area contributed by atoms with E-state index >= 15 is 0 Å². The summed E-state index contributed by atoms with van der Waals surface area (Å²) < 4.78 is 10.9. The number of benzene rings is 1. The average molecular weight is 355 g/mol. The molecule has 0 saturated heterocycles. The Morgan fingerprint density at radius 2 is 2.15 bits per heavy atom. The van der Waals surface area contributed by atoms with Crippen molar-refractivity contribution in [3.05, 3.63) is 46.3 Å². The molecule has 2 rings (SSSR count). The molecule has 0 spiro atoms. The molecule has 5 nitrogen and oxygen atoms in total. The van der Waals surface area contributed by atoms with Gasteiger partial charge in [-0.05, 0) is 46.3 Å². The Balaban J connectivity index is 2.25. The molecule has 0 radical (unpaired) electrons. The molecule has 1 aromatic carbocycles.